The van der Waals surface area contributed by atoms with Gasteiger partial charge in [-0.2, -0.15) is 0 Å². The second-order valence-corrected chi connectivity index (χ2v) is 6.90. The monoisotopic (exact) mass is 354 g/mol. The Morgan fingerprint density at radius 3 is 2.69 bits per heavy atom. The van der Waals surface area contributed by atoms with E-state index >= 15 is 0 Å². The number of nitrogens with one attached hydrogen (secondary N) is 3. The lowest BCUT2D eigenvalue weighted by atomic mass is 10.0. The number of carbonyl (C=O) groups excluding carboxylic acids is 1. The molecule has 0 aliphatic carbocycles. The Hall–Kier alpha value is -2.67. The number of hydrogen-bond acceptors (Lipinski definition) is 6. The third kappa shape index (κ3) is 4.29. The van der Waals surface area contributed by atoms with Crippen LogP contribution in [0.1, 0.15) is 48.5 Å². The topological polar surface area (TPSA) is 105 Å². The summed E-state index contributed by atoms with van der Waals surface area (Å²) in [5, 5.41) is 9.55. The first-order valence-electron chi connectivity index (χ1n) is 9.03. The van der Waals surface area contributed by atoms with Crippen molar-refractivity contribution in [3.8, 4) is 0 Å². The van der Waals surface area contributed by atoms with Crippen LogP contribution in [-0.4, -0.2) is 35.0 Å². The molecule has 1 amide bonds. The third-order valence-corrected chi connectivity index (χ3v) is 4.58. The number of nitrogens with zero attached hydrogens (tertiary/aromatic N) is 2. The highest BCUT2D eigenvalue weighted by molar-refractivity contribution is 6.10. The van der Waals surface area contributed by atoms with Crippen molar-refractivity contribution >= 4 is 23.2 Å². The summed E-state index contributed by atoms with van der Waals surface area (Å²) in [6.45, 7) is 6.12. The van der Waals surface area contributed by atoms with E-state index in [1.807, 2.05) is 24.3 Å². The summed E-state index contributed by atoms with van der Waals surface area (Å²) in [7, 11) is 0. The van der Waals surface area contributed by atoms with Gasteiger partial charge in [-0.3, -0.25) is 4.79 Å². The smallest absolute Gasteiger partial charge is 0.263 e. The van der Waals surface area contributed by atoms with Crippen LogP contribution in [0.25, 0.3) is 0 Å². The molecular formula is C19H26N6O. The SMILES string of the molecule is CC(C)c1ccc(NC(=O)c2c(N)ncnc2NC2CCCNC2)cc1. The minimum Gasteiger partial charge on any atom is -0.383 e. The molecule has 2 heterocycles. The quantitative estimate of drug-likeness (QED) is 0.658. The zero-order chi connectivity index (χ0) is 18.5. The lowest BCUT2D eigenvalue weighted by Crippen LogP contribution is -2.39. The average Bonchev–Trinajstić information content (AvgIpc) is 2.63. The zero-order valence-electron chi connectivity index (χ0n) is 15.2. The van der Waals surface area contributed by atoms with E-state index in [9.17, 15) is 4.79 Å². The van der Waals surface area contributed by atoms with Crippen molar-refractivity contribution in [1.29, 1.82) is 0 Å². The number of nitrogens with two attached hydrogens (primary N) is 1. The van der Waals surface area contributed by atoms with Crippen molar-refractivity contribution in [2.45, 2.75) is 38.6 Å². The summed E-state index contributed by atoms with van der Waals surface area (Å²) in [5.41, 5.74) is 8.20. The molecule has 138 valence electrons. The summed E-state index contributed by atoms with van der Waals surface area (Å²) >= 11 is 0. The maximum atomic E-state index is 12.8. The van der Waals surface area contributed by atoms with Gasteiger partial charge in [-0.25, -0.2) is 9.97 Å². The molecule has 1 saturated heterocycles. The van der Waals surface area contributed by atoms with E-state index in [4.69, 9.17) is 5.73 Å². The highest BCUT2D eigenvalue weighted by atomic mass is 16.1. The van der Waals surface area contributed by atoms with Gasteiger partial charge in [-0.05, 0) is 43.0 Å². The molecule has 1 aliphatic rings. The van der Waals surface area contributed by atoms with Crippen molar-refractivity contribution in [3.63, 3.8) is 0 Å². The van der Waals surface area contributed by atoms with Gasteiger partial charge in [0.2, 0.25) is 0 Å². The molecule has 1 unspecified atom stereocenters. The molecular weight excluding hydrogens is 328 g/mol. The first-order chi connectivity index (χ1) is 12.5. The number of benzene rings is 1. The number of carbonyl (C=O) groups is 1. The molecule has 1 aliphatic heterocycles. The summed E-state index contributed by atoms with van der Waals surface area (Å²) in [6, 6.07) is 8.03. The second-order valence-electron chi connectivity index (χ2n) is 6.90. The molecule has 0 radical (unpaired) electrons. The average molecular weight is 354 g/mol. The first kappa shape index (κ1) is 18.1. The number of amides is 1. The van der Waals surface area contributed by atoms with Gasteiger partial charge in [0.15, 0.2) is 0 Å². The van der Waals surface area contributed by atoms with Gasteiger partial charge in [0.05, 0.1) is 0 Å². The van der Waals surface area contributed by atoms with E-state index in [2.05, 4.69) is 39.8 Å². The molecule has 1 aromatic carbocycles. The van der Waals surface area contributed by atoms with E-state index < -0.39 is 0 Å². The number of nitrogen functional groups attached to an aromatic ring is 1. The fourth-order valence-corrected chi connectivity index (χ4v) is 3.05. The summed E-state index contributed by atoms with van der Waals surface area (Å²) in [5.74, 6) is 0.773. The van der Waals surface area contributed by atoms with Crippen LogP contribution >= 0.6 is 0 Å². The molecule has 5 N–H and O–H groups in total. The summed E-state index contributed by atoms with van der Waals surface area (Å²) in [6.07, 6.45) is 3.48. The van der Waals surface area contributed by atoms with Gasteiger partial charge in [-0.1, -0.05) is 26.0 Å². The highest BCUT2D eigenvalue weighted by Crippen LogP contribution is 2.22. The molecule has 1 fully saturated rings. The van der Waals surface area contributed by atoms with E-state index in [-0.39, 0.29) is 23.3 Å². The van der Waals surface area contributed by atoms with Gasteiger partial charge >= 0.3 is 0 Å². The standard InChI is InChI=1S/C19H26N6O/c1-12(2)13-5-7-14(8-6-13)25-19(26)16-17(20)22-11-23-18(16)24-15-4-3-9-21-10-15/h5-8,11-12,15,21H,3-4,9-10H2,1-2H3,(H,25,26)(H3,20,22,23,24). The maximum Gasteiger partial charge on any atom is 0.263 e. The Labute approximate surface area is 153 Å². The van der Waals surface area contributed by atoms with Crippen molar-refractivity contribution in [2.24, 2.45) is 0 Å². The second kappa shape index (κ2) is 8.14. The lowest BCUT2D eigenvalue weighted by Gasteiger charge is -2.25. The Kier molecular flexibility index (Phi) is 5.68. The molecule has 1 aromatic heterocycles. The molecule has 3 rings (SSSR count). The fraction of sp³-hybridized carbons (Fsp3) is 0.421. The normalized spacial score (nSPS) is 17.1. The number of rotatable bonds is 5. The van der Waals surface area contributed by atoms with Crippen LogP contribution in [0.4, 0.5) is 17.3 Å². The van der Waals surface area contributed by atoms with Crippen LogP contribution in [0.3, 0.4) is 0 Å². The molecule has 7 nitrogen and oxygen atoms in total. The van der Waals surface area contributed by atoms with Gasteiger partial charge in [-0.15, -0.1) is 0 Å². The minimum atomic E-state index is -0.313. The maximum absolute atomic E-state index is 12.8. The van der Waals surface area contributed by atoms with Crippen LogP contribution in [0, 0.1) is 0 Å². The van der Waals surface area contributed by atoms with Gasteiger partial charge in [0, 0.05) is 18.3 Å². The van der Waals surface area contributed by atoms with E-state index in [1.165, 1.54) is 11.9 Å². The van der Waals surface area contributed by atoms with Crippen molar-refractivity contribution in [2.75, 3.05) is 29.5 Å². The van der Waals surface area contributed by atoms with Crippen LogP contribution in [-0.2, 0) is 0 Å². The van der Waals surface area contributed by atoms with Gasteiger partial charge in [0.1, 0.15) is 23.5 Å². The molecule has 2 aromatic rings. The molecule has 26 heavy (non-hydrogen) atoms. The molecule has 0 spiro atoms. The number of piperidine rings is 1. The van der Waals surface area contributed by atoms with Crippen LogP contribution in [0.15, 0.2) is 30.6 Å². The van der Waals surface area contributed by atoms with Crippen LogP contribution in [0.2, 0.25) is 0 Å². The number of hydrogen-bond donors (Lipinski definition) is 4. The van der Waals surface area contributed by atoms with E-state index in [0.717, 1.165) is 25.9 Å². The molecule has 0 bridgehead atoms. The van der Waals surface area contributed by atoms with Crippen LogP contribution < -0.4 is 21.7 Å². The lowest BCUT2D eigenvalue weighted by molar-refractivity contribution is 0.102. The van der Waals surface area contributed by atoms with Gasteiger partial charge in [0.25, 0.3) is 5.91 Å². The molecule has 1 atom stereocenters. The summed E-state index contributed by atoms with van der Waals surface area (Å²) < 4.78 is 0. The molecule has 7 heteroatoms. The fourth-order valence-electron chi connectivity index (χ4n) is 3.05. The van der Waals surface area contributed by atoms with Gasteiger partial charge < -0.3 is 21.7 Å². The zero-order valence-corrected chi connectivity index (χ0v) is 15.2. The molecule has 0 saturated carbocycles. The van der Waals surface area contributed by atoms with Crippen molar-refractivity contribution < 1.29 is 4.79 Å². The highest BCUT2D eigenvalue weighted by Gasteiger charge is 2.21. The van der Waals surface area contributed by atoms with Crippen LogP contribution in [0.5, 0.6) is 0 Å². The Morgan fingerprint density at radius 2 is 2.04 bits per heavy atom. The van der Waals surface area contributed by atoms with Crippen molar-refractivity contribution in [3.05, 3.63) is 41.7 Å². The predicted octanol–water partition coefficient (Wildman–Crippen LogP) is 2.60. The number of aromatic nitrogens is 2. The predicted molar refractivity (Wildman–Crippen MR) is 104 cm³/mol. The largest absolute Gasteiger partial charge is 0.383 e. The van der Waals surface area contributed by atoms with Crippen molar-refractivity contribution in [1.82, 2.24) is 15.3 Å². The first-order valence-corrected chi connectivity index (χ1v) is 9.03. The Morgan fingerprint density at radius 1 is 1.27 bits per heavy atom. The Balaban J connectivity index is 1.77. The van der Waals surface area contributed by atoms with E-state index in [0.29, 0.717) is 17.4 Å². The minimum absolute atomic E-state index is 0.169. The van der Waals surface area contributed by atoms with E-state index in [1.54, 1.807) is 0 Å². The Bertz CT molecular complexity index is 753. The number of anilines is 3. The summed E-state index contributed by atoms with van der Waals surface area (Å²) in [4.78, 5) is 21.0. The third-order valence-electron chi connectivity index (χ3n) is 4.58.